The Morgan fingerprint density at radius 1 is 0.857 bits per heavy atom. The third-order valence-electron chi connectivity index (χ3n) is 2.73. The summed E-state index contributed by atoms with van der Waals surface area (Å²) in [7, 11) is 0. The van der Waals surface area contributed by atoms with Gasteiger partial charge in [-0.2, -0.15) is 0 Å². The molecule has 2 unspecified atom stereocenters. The van der Waals surface area contributed by atoms with Gasteiger partial charge in [-0.1, -0.05) is 16.9 Å². The molecule has 0 heterocycles. The molecule has 0 aliphatic heterocycles. The Morgan fingerprint density at radius 2 is 1.29 bits per heavy atom. The zero-order chi connectivity index (χ0) is 10.6. The Hall–Kier alpha value is -0.240. The molecule has 0 saturated heterocycles. The summed E-state index contributed by atoms with van der Waals surface area (Å²) in [6.45, 7) is 0.459. The Kier molecular flexibility index (Phi) is 4.73. The molecular weight excluding hydrogens is 188 g/mol. The first-order chi connectivity index (χ1) is 6.58. The van der Waals surface area contributed by atoms with Gasteiger partial charge in [0.2, 0.25) is 0 Å². The number of hydrogen-bond donors (Lipinski definition) is 4. The minimum Gasteiger partial charge on any atom is -0.290 e. The van der Waals surface area contributed by atoms with Crippen molar-refractivity contribution in [2.75, 3.05) is 13.1 Å². The van der Waals surface area contributed by atoms with E-state index in [4.69, 9.17) is 20.8 Å². The molecule has 1 saturated carbocycles. The molecule has 0 aromatic carbocycles. The molecule has 4 N–H and O–H groups in total. The van der Waals surface area contributed by atoms with Crippen LogP contribution in [-0.4, -0.2) is 44.4 Å². The second kappa shape index (κ2) is 5.59. The van der Waals surface area contributed by atoms with E-state index in [1.807, 2.05) is 0 Å². The van der Waals surface area contributed by atoms with Gasteiger partial charge in [0.05, 0.1) is 13.1 Å². The van der Waals surface area contributed by atoms with E-state index in [0.29, 0.717) is 0 Å². The van der Waals surface area contributed by atoms with Crippen LogP contribution in [0.25, 0.3) is 0 Å². The lowest BCUT2D eigenvalue weighted by molar-refractivity contribution is -0.318. The second-order valence-corrected chi connectivity index (χ2v) is 4.01. The third-order valence-corrected chi connectivity index (χ3v) is 2.73. The van der Waals surface area contributed by atoms with Gasteiger partial charge in [0.1, 0.15) is 0 Å². The predicted octanol–water partition coefficient (Wildman–Crippen LogP) is 0.954. The van der Waals surface area contributed by atoms with Crippen LogP contribution in [0.15, 0.2) is 0 Å². The smallest absolute Gasteiger partial charge is 0.0541 e. The van der Waals surface area contributed by atoms with Crippen molar-refractivity contribution in [3.05, 3.63) is 0 Å². The molecule has 1 aliphatic rings. The van der Waals surface area contributed by atoms with Crippen molar-refractivity contribution in [3.63, 3.8) is 0 Å². The van der Waals surface area contributed by atoms with E-state index in [2.05, 4.69) is 0 Å². The van der Waals surface area contributed by atoms with Crippen LogP contribution in [0.2, 0.25) is 0 Å². The molecule has 0 spiro atoms. The normalized spacial score (nSPS) is 28.7. The summed E-state index contributed by atoms with van der Waals surface area (Å²) in [6.07, 6.45) is 3.72. The van der Waals surface area contributed by atoms with Gasteiger partial charge in [-0.3, -0.25) is 20.8 Å². The van der Waals surface area contributed by atoms with Crippen molar-refractivity contribution in [2.45, 2.75) is 25.7 Å². The molecule has 0 amide bonds. The lowest BCUT2D eigenvalue weighted by Crippen LogP contribution is -2.31. The molecular formula is C8H18N2O4. The quantitative estimate of drug-likeness (QED) is 0.512. The lowest BCUT2D eigenvalue weighted by atomic mass is 9.81. The number of nitrogens with zero attached hydrogens (tertiary/aromatic N) is 2. The minimum absolute atomic E-state index is 0.211. The summed E-state index contributed by atoms with van der Waals surface area (Å²) < 4.78 is 0. The van der Waals surface area contributed by atoms with Gasteiger partial charge >= 0.3 is 0 Å². The van der Waals surface area contributed by atoms with Crippen molar-refractivity contribution in [1.82, 2.24) is 10.5 Å². The second-order valence-electron chi connectivity index (χ2n) is 4.01. The molecule has 1 rings (SSSR count). The van der Waals surface area contributed by atoms with Crippen LogP contribution in [0.1, 0.15) is 25.7 Å². The lowest BCUT2D eigenvalue weighted by Gasteiger charge is -2.30. The highest BCUT2D eigenvalue weighted by Gasteiger charge is 2.24. The van der Waals surface area contributed by atoms with Crippen molar-refractivity contribution in [2.24, 2.45) is 11.8 Å². The first-order valence-corrected chi connectivity index (χ1v) is 4.88. The van der Waals surface area contributed by atoms with Gasteiger partial charge in [0.15, 0.2) is 0 Å². The fourth-order valence-electron chi connectivity index (χ4n) is 2.20. The molecule has 0 aromatic heterocycles. The molecule has 6 heteroatoms. The highest BCUT2D eigenvalue weighted by Crippen LogP contribution is 2.29. The average molecular weight is 206 g/mol. The number of hydroxylamine groups is 4. The molecule has 14 heavy (non-hydrogen) atoms. The molecule has 0 bridgehead atoms. The highest BCUT2D eigenvalue weighted by molar-refractivity contribution is 4.73. The third kappa shape index (κ3) is 4.32. The maximum atomic E-state index is 8.65. The maximum absolute atomic E-state index is 8.65. The van der Waals surface area contributed by atoms with E-state index in [0.717, 1.165) is 25.7 Å². The van der Waals surface area contributed by atoms with E-state index >= 15 is 0 Å². The standard InChI is InChI=1S/C8H18N2O4/c11-9(12)5-7-2-1-3-8(4-7)6-10(13)14/h7-8,11-14H,1-6H2. The molecule has 0 radical (unpaired) electrons. The van der Waals surface area contributed by atoms with E-state index < -0.39 is 0 Å². The van der Waals surface area contributed by atoms with Gasteiger partial charge < -0.3 is 0 Å². The first-order valence-electron chi connectivity index (χ1n) is 4.88. The van der Waals surface area contributed by atoms with Crippen LogP contribution in [0.5, 0.6) is 0 Å². The average Bonchev–Trinajstić information content (AvgIpc) is 2.01. The van der Waals surface area contributed by atoms with E-state index in [9.17, 15) is 0 Å². The van der Waals surface area contributed by atoms with Crippen LogP contribution < -0.4 is 0 Å². The summed E-state index contributed by atoms with van der Waals surface area (Å²) in [5.41, 5.74) is 0. The topological polar surface area (TPSA) is 87.4 Å². The Labute approximate surface area is 82.8 Å². The van der Waals surface area contributed by atoms with E-state index in [1.165, 1.54) is 0 Å². The van der Waals surface area contributed by atoms with Crippen molar-refractivity contribution < 1.29 is 20.8 Å². The zero-order valence-corrected chi connectivity index (χ0v) is 8.08. The molecule has 1 aliphatic carbocycles. The van der Waals surface area contributed by atoms with Crippen molar-refractivity contribution >= 4 is 0 Å². The Morgan fingerprint density at radius 3 is 1.64 bits per heavy atom. The SMILES string of the molecule is ON(O)CC1CCCC(CN(O)O)C1. The van der Waals surface area contributed by atoms with Crippen LogP contribution in [0.4, 0.5) is 0 Å². The van der Waals surface area contributed by atoms with Crippen LogP contribution >= 0.6 is 0 Å². The van der Waals surface area contributed by atoms with E-state index in [-0.39, 0.29) is 35.4 Å². The van der Waals surface area contributed by atoms with Gasteiger partial charge in [-0.05, 0) is 31.1 Å². The van der Waals surface area contributed by atoms with Gasteiger partial charge in [0.25, 0.3) is 0 Å². The maximum Gasteiger partial charge on any atom is 0.0541 e. The fraction of sp³-hybridized carbons (Fsp3) is 1.00. The summed E-state index contributed by atoms with van der Waals surface area (Å²) in [4.78, 5) is 0. The number of hydrogen-bond acceptors (Lipinski definition) is 6. The zero-order valence-electron chi connectivity index (χ0n) is 8.08. The summed E-state index contributed by atoms with van der Waals surface area (Å²) >= 11 is 0. The molecule has 1 fully saturated rings. The van der Waals surface area contributed by atoms with Crippen LogP contribution in [-0.2, 0) is 0 Å². The van der Waals surface area contributed by atoms with Gasteiger partial charge in [-0.25, -0.2) is 0 Å². The Balaban J connectivity index is 2.28. The van der Waals surface area contributed by atoms with Crippen molar-refractivity contribution in [3.8, 4) is 0 Å². The van der Waals surface area contributed by atoms with Crippen LogP contribution in [0.3, 0.4) is 0 Å². The molecule has 6 nitrogen and oxygen atoms in total. The predicted molar refractivity (Wildman–Crippen MR) is 46.0 cm³/mol. The Bertz CT molecular complexity index is 149. The summed E-state index contributed by atoms with van der Waals surface area (Å²) in [5, 5.41) is 35.0. The monoisotopic (exact) mass is 206 g/mol. The van der Waals surface area contributed by atoms with Crippen LogP contribution in [0, 0.1) is 11.8 Å². The number of rotatable bonds is 4. The largest absolute Gasteiger partial charge is 0.290 e. The fourth-order valence-corrected chi connectivity index (χ4v) is 2.20. The molecule has 0 aromatic rings. The summed E-state index contributed by atoms with van der Waals surface area (Å²) in [6, 6.07) is 0. The van der Waals surface area contributed by atoms with E-state index in [1.54, 1.807) is 0 Å². The molecule has 84 valence electrons. The van der Waals surface area contributed by atoms with Crippen molar-refractivity contribution in [1.29, 1.82) is 0 Å². The first kappa shape index (κ1) is 11.8. The molecule has 2 atom stereocenters. The highest BCUT2D eigenvalue weighted by atomic mass is 16.8. The van der Waals surface area contributed by atoms with Gasteiger partial charge in [0, 0.05) is 0 Å². The summed E-state index contributed by atoms with van der Waals surface area (Å²) in [5.74, 6) is 0.451. The minimum atomic E-state index is 0.211. The van der Waals surface area contributed by atoms with Gasteiger partial charge in [-0.15, -0.1) is 0 Å².